The van der Waals surface area contributed by atoms with Gasteiger partial charge < -0.3 is 14.4 Å². The molecule has 0 saturated carbocycles. The molecule has 1 saturated heterocycles. The molecule has 0 spiro atoms. The Morgan fingerprint density at radius 3 is 2.57 bits per heavy atom. The van der Waals surface area contributed by atoms with Crippen LogP contribution in [-0.4, -0.2) is 35.7 Å². The number of benzene rings is 1. The van der Waals surface area contributed by atoms with Crippen LogP contribution in [0.25, 0.3) is 0 Å². The van der Waals surface area contributed by atoms with E-state index in [0.29, 0.717) is 13.1 Å². The summed E-state index contributed by atoms with van der Waals surface area (Å²) in [5, 5.41) is 0. The van der Waals surface area contributed by atoms with Gasteiger partial charge in [-0.25, -0.2) is 4.79 Å². The van der Waals surface area contributed by atoms with E-state index in [1.807, 2.05) is 51.1 Å². The molecule has 23 heavy (non-hydrogen) atoms. The largest absolute Gasteiger partial charge is 0.461 e. The summed E-state index contributed by atoms with van der Waals surface area (Å²) in [7, 11) is 0. The van der Waals surface area contributed by atoms with Crippen molar-refractivity contribution in [2.75, 3.05) is 13.1 Å². The average molecular weight is 319 g/mol. The van der Waals surface area contributed by atoms with Gasteiger partial charge in [-0.2, -0.15) is 0 Å². The van der Waals surface area contributed by atoms with Crippen molar-refractivity contribution in [2.45, 2.75) is 45.8 Å². The molecular weight excluding hydrogens is 294 g/mol. The SMILES string of the molecule is CC(C)(C)OC(=O)N1CCCC(C(=O)OCc2ccccc2)C1. The molecule has 1 fully saturated rings. The molecule has 2 rings (SSSR count). The van der Waals surface area contributed by atoms with Gasteiger partial charge >= 0.3 is 12.1 Å². The van der Waals surface area contributed by atoms with Gasteiger partial charge in [-0.1, -0.05) is 30.3 Å². The molecule has 0 aliphatic carbocycles. The highest BCUT2D eigenvalue weighted by Gasteiger charge is 2.31. The van der Waals surface area contributed by atoms with Gasteiger partial charge in [-0.15, -0.1) is 0 Å². The zero-order valence-corrected chi connectivity index (χ0v) is 14.1. The Labute approximate surface area is 137 Å². The van der Waals surface area contributed by atoms with Gasteiger partial charge in [-0.3, -0.25) is 4.79 Å². The molecule has 1 aromatic rings. The number of likely N-dealkylation sites (tertiary alicyclic amines) is 1. The molecule has 0 N–H and O–H groups in total. The maximum Gasteiger partial charge on any atom is 0.410 e. The van der Waals surface area contributed by atoms with Crippen LogP contribution in [0.4, 0.5) is 4.79 Å². The fourth-order valence-electron chi connectivity index (χ4n) is 2.51. The standard InChI is InChI=1S/C18H25NO4/c1-18(2,3)23-17(21)19-11-7-10-15(12-19)16(20)22-13-14-8-5-4-6-9-14/h4-6,8-9,15H,7,10-13H2,1-3H3. The van der Waals surface area contributed by atoms with Gasteiger partial charge in [-0.05, 0) is 39.2 Å². The summed E-state index contributed by atoms with van der Waals surface area (Å²) < 4.78 is 10.7. The van der Waals surface area contributed by atoms with Crippen molar-refractivity contribution < 1.29 is 19.1 Å². The number of carbonyl (C=O) groups is 2. The Morgan fingerprint density at radius 2 is 1.91 bits per heavy atom. The minimum Gasteiger partial charge on any atom is -0.461 e. The summed E-state index contributed by atoms with van der Waals surface area (Å²) >= 11 is 0. The Balaban J connectivity index is 1.85. The van der Waals surface area contributed by atoms with E-state index >= 15 is 0 Å². The Kier molecular flexibility index (Phi) is 5.64. The van der Waals surface area contributed by atoms with E-state index in [2.05, 4.69) is 0 Å². The number of hydrogen-bond donors (Lipinski definition) is 0. The second kappa shape index (κ2) is 7.49. The summed E-state index contributed by atoms with van der Waals surface area (Å²) in [6.07, 6.45) is 1.16. The van der Waals surface area contributed by atoms with Gasteiger partial charge in [0.15, 0.2) is 0 Å². The number of rotatable bonds is 3. The summed E-state index contributed by atoms with van der Waals surface area (Å²) in [6, 6.07) is 9.58. The Morgan fingerprint density at radius 1 is 1.22 bits per heavy atom. The third kappa shape index (κ3) is 5.58. The first-order chi connectivity index (χ1) is 10.8. The number of carbonyl (C=O) groups excluding carboxylic acids is 2. The number of amides is 1. The maximum atomic E-state index is 12.2. The summed E-state index contributed by atoms with van der Waals surface area (Å²) in [5.74, 6) is -0.526. The lowest BCUT2D eigenvalue weighted by molar-refractivity contribution is -0.151. The molecule has 1 aliphatic rings. The van der Waals surface area contributed by atoms with Crippen molar-refractivity contribution in [3.05, 3.63) is 35.9 Å². The smallest absolute Gasteiger partial charge is 0.410 e. The lowest BCUT2D eigenvalue weighted by Crippen LogP contribution is -2.45. The Hall–Kier alpha value is -2.04. The fourth-order valence-corrected chi connectivity index (χ4v) is 2.51. The van der Waals surface area contributed by atoms with Crippen LogP contribution in [0.3, 0.4) is 0 Å². The third-order valence-electron chi connectivity index (χ3n) is 3.63. The maximum absolute atomic E-state index is 12.2. The summed E-state index contributed by atoms with van der Waals surface area (Å²) in [5.41, 5.74) is 0.429. The molecule has 1 atom stereocenters. The molecule has 5 nitrogen and oxygen atoms in total. The van der Waals surface area contributed by atoms with Crippen molar-refractivity contribution >= 4 is 12.1 Å². The number of piperidine rings is 1. The third-order valence-corrected chi connectivity index (χ3v) is 3.63. The zero-order chi connectivity index (χ0) is 16.9. The average Bonchev–Trinajstić information content (AvgIpc) is 2.52. The molecular formula is C18H25NO4. The molecule has 0 aromatic heterocycles. The van der Waals surface area contributed by atoms with Crippen molar-refractivity contribution in [3.8, 4) is 0 Å². The van der Waals surface area contributed by atoms with Crippen LogP contribution in [0.2, 0.25) is 0 Å². The lowest BCUT2D eigenvalue weighted by Gasteiger charge is -2.33. The first-order valence-electron chi connectivity index (χ1n) is 8.03. The van der Waals surface area contributed by atoms with Gasteiger partial charge in [0.25, 0.3) is 0 Å². The fraction of sp³-hybridized carbons (Fsp3) is 0.556. The normalized spacial score (nSPS) is 18.4. The first-order valence-corrected chi connectivity index (χ1v) is 8.03. The van der Waals surface area contributed by atoms with Crippen LogP contribution in [0.15, 0.2) is 30.3 Å². The van der Waals surface area contributed by atoms with E-state index in [0.717, 1.165) is 18.4 Å². The van der Waals surface area contributed by atoms with E-state index in [1.54, 1.807) is 4.90 Å². The number of ether oxygens (including phenoxy) is 2. The minimum atomic E-state index is -0.530. The molecule has 1 amide bonds. The quantitative estimate of drug-likeness (QED) is 0.802. The highest BCUT2D eigenvalue weighted by Crippen LogP contribution is 2.21. The second-order valence-electron chi connectivity index (χ2n) is 6.86. The van der Waals surface area contributed by atoms with Gasteiger partial charge in [0.2, 0.25) is 0 Å². The highest BCUT2D eigenvalue weighted by atomic mass is 16.6. The van der Waals surface area contributed by atoms with E-state index in [1.165, 1.54) is 0 Å². The monoisotopic (exact) mass is 319 g/mol. The van der Waals surface area contributed by atoms with E-state index in [4.69, 9.17) is 9.47 Å². The van der Waals surface area contributed by atoms with E-state index in [-0.39, 0.29) is 24.6 Å². The summed E-state index contributed by atoms with van der Waals surface area (Å²) in [6.45, 7) is 6.75. The number of hydrogen-bond acceptors (Lipinski definition) is 4. The topological polar surface area (TPSA) is 55.8 Å². The predicted molar refractivity (Wildman–Crippen MR) is 86.8 cm³/mol. The number of esters is 1. The molecule has 0 radical (unpaired) electrons. The van der Waals surface area contributed by atoms with Gasteiger partial charge in [0.05, 0.1) is 5.92 Å². The highest BCUT2D eigenvalue weighted by molar-refractivity contribution is 5.75. The zero-order valence-electron chi connectivity index (χ0n) is 14.1. The molecule has 1 aliphatic heterocycles. The molecule has 126 valence electrons. The van der Waals surface area contributed by atoms with Crippen LogP contribution in [0.5, 0.6) is 0 Å². The molecule has 1 aromatic carbocycles. The first kappa shape index (κ1) is 17.3. The van der Waals surface area contributed by atoms with Crippen molar-refractivity contribution in [2.24, 2.45) is 5.92 Å². The number of nitrogens with zero attached hydrogens (tertiary/aromatic N) is 1. The van der Waals surface area contributed by atoms with Crippen molar-refractivity contribution in [3.63, 3.8) is 0 Å². The van der Waals surface area contributed by atoms with Crippen LogP contribution < -0.4 is 0 Å². The van der Waals surface area contributed by atoms with Crippen LogP contribution >= 0.6 is 0 Å². The van der Waals surface area contributed by atoms with Crippen LogP contribution in [-0.2, 0) is 20.9 Å². The van der Waals surface area contributed by atoms with E-state index in [9.17, 15) is 9.59 Å². The lowest BCUT2D eigenvalue weighted by atomic mass is 9.98. The van der Waals surface area contributed by atoms with Gasteiger partial charge in [0.1, 0.15) is 12.2 Å². The molecule has 0 bridgehead atoms. The van der Waals surface area contributed by atoms with Crippen LogP contribution in [0, 0.1) is 5.92 Å². The Bertz CT molecular complexity index is 536. The van der Waals surface area contributed by atoms with Crippen molar-refractivity contribution in [1.29, 1.82) is 0 Å². The van der Waals surface area contributed by atoms with E-state index < -0.39 is 5.60 Å². The van der Waals surface area contributed by atoms with Crippen LogP contribution in [0.1, 0.15) is 39.2 Å². The molecule has 5 heteroatoms. The minimum absolute atomic E-state index is 0.248. The second-order valence-corrected chi connectivity index (χ2v) is 6.86. The van der Waals surface area contributed by atoms with Gasteiger partial charge in [0, 0.05) is 13.1 Å². The summed E-state index contributed by atoms with van der Waals surface area (Å²) in [4.78, 5) is 25.9. The predicted octanol–water partition coefficient (Wildman–Crippen LogP) is 3.38. The molecule has 1 heterocycles. The van der Waals surface area contributed by atoms with Crippen molar-refractivity contribution in [1.82, 2.24) is 4.90 Å². The molecule has 1 unspecified atom stereocenters.